The van der Waals surface area contributed by atoms with Gasteiger partial charge in [0.25, 0.3) is 11.8 Å². The van der Waals surface area contributed by atoms with Crippen molar-refractivity contribution in [2.75, 3.05) is 62.5 Å². The Hall–Kier alpha value is -8.57. The number of fused-ring (bicyclic) bond motifs is 12. The molecule has 15 rings (SSSR count). The van der Waals surface area contributed by atoms with Crippen molar-refractivity contribution in [2.24, 2.45) is 0 Å². The number of aliphatic hydroxyl groups is 2. The monoisotopic (exact) mass is 1340 g/mol. The molecule has 22 nitrogen and oxygen atoms in total. The van der Waals surface area contributed by atoms with Gasteiger partial charge in [-0.25, -0.2) is 35.6 Å². The van der Waals surface area contributed by atoms with Crippen molar-refractivity contribution < 1.29 is 73.0 Å². The highest BCUT2D eigenvalue weighted by atomic mass is 35.5. The Morgan fingerprint density at radius 3 is 1.54 bits per heavy atom. The number of anilines is 2. The molecule has 6 aromatic heterocycles. The highest BCUT2D eigenvalue weighted by Gasteiger charge is 2.53. The molecule has 2 aliphatic carbocycles. The number of amides is 2. The number of ether oxygens (including phenoxy) is 2. The fourth-order valence-electron chi connectivity index (χ4n) is 12.2. The van der Waals surface area contributed by atoms with Gasteiger partial charge in [0, 0.05) is 84.7 Å². The maximum Gasteiger partial charge on any atom is 0.497 e. The Kier molecular flexibility index (Phi) is 16.0. The molecule has 28 heteroatoms. The van der Waals surface area contributed by atoms with Crippen LogP contribution in [0, 0.1) is 11.6 Å². The zero-order chi connectivity index (χ0) is 67.0. The van der Waals surface area contributed by atoms with Gasteiger partial charge in [-0.05, 0) is 126 Å². The van der Waals surface area contributed by atoms with Crippen LogP contribution in [0.1, 0.15) is 110 Å². The molecule has 2 amide bonds. The van der Waals surface area contributed by atoms with Crippen molar-refractivity contribution in [2.45, 2.75) is 88.9 Å². The molecule has 9 heterocycles. The van der Waals surface area contributed by atoms with Gasteiger partial charge in [-0.1, -0.05) is 23.7 Å². The van der Waals surface area contributed by atoms with Crippen LogP contribution in [0.25, 0.3) is 77.8 Å². The third-order valence-corrected chi connectivity index (χ3v) is 20.8. The molecule has 490 valence electrons. The van der Waals surface area contributed by atoms with E-state index in [0.717, 1.165) is 42.5 Å². The first-order chi connectivity index (χ1) is 44.6. The average Bonchev–Trinajstić information content (AvgIpc) is 1.58. The molecule has 2 unspecified atom stereocenters. The van der Waals surface area contributed by atoms with Crippen LogP contribution < -0.4 is 34.2 Å². The van der Waals surface area contributed by atoms with Crippen LogP contribution in [0.5, 0.6) is 11.5 Å². The van der Waals surface area contributed by atoms with Crippen molar-refractivity contribution >= 4 is 111 Å². The van der Waals surface area contributed by atoms with Crippen LogP contribution in [0.2, 0.25) is 5.15 Å². The Balaban J connectivity index is 0.000000136. The lowest BCUT2D eigenvalue weighted by molar-refractivity contribution is 0.00578. The van der Waals surface area contributed by atoms with E-state index in [0.29, 0.717) is 134 Å². The zero-order valence-corrected chi connectivity index (χ0v) is 55.2. The molecule has 0 spiro atoms. The molecule has 10 aromatic rings. The van der Waals surface area contributed by atoms with Gasteiger partial charge in [0.1, 0.15) is 62.4 Å². The normalized spacial score (nSPS) is 17.6. The van der Waals surface area contributed by atoms with Crippen molar-refractivity contribution in [3.63, 3.8) is 0 Å². The predicted molar refractivity (Wildman–Crippen MR) is 353 cm³/mol. The number of nitrogens with zero attached hydrogens (tertiary/aromatic N) is 6. The Morgan fingerprint density at radius 1 is 0.638 bits per heavy atom. The molecular weight excluding hydrogens is 1280 g/mol. The summed E-state index contributed by atoms with van der Waals surface area (Å²) in [6.45, 7) is 7.17. The number of sulfonamides is 2. The Morgan fingerprint density at radius 2 is 1.09 bits per heavy atom. The number of hydrogen-bond acceptors (Lipinski definition) is 16. The molecule has 2 saturated carbocycles. The highest BCUT2D eigenvalue weighted by Crippen LogP contribution is 2.50. The smallest absolute Gasteiger partial charge is 0.465 e. The van der Waals surface area contributed by atoms with Crippen LogP contribution in [0.3, 0.4) is 0 Å². The number of furan rings is 2. The lowest BCUT2D eigenvalue weighted by Crippen LogP contribution is -2.41. The van der Waals surface area contributed by atoms with E-state index in [1.807, 2.05) is 27.7 Å². The molecule has 3 aliphatic heterocycles. The van der Waals surface area contributed by atoms with E-state index in [9.17, 15) is 45.4 Å². The number of benzene rings is 4. The molecule has 0 bridgehead atoms. The van der Waals surface area contributed by atoms with E-state index in [1.54, 1.807) is 108 Å². The number of carbonyl (C=O) groups excluding carboxylic acids is 2. The largest absolute Gasteiger partial charge is 0.497 e. The van der Waals surface area contributed by atoms with Gasteiger partial charge < -0.3 is 57.6 Å². The average molecular weight is 1340 g/mol. The minimum atomic E-state index is -3.70. The summed E-state index contributed by atoms with van der Waals surface area (Å²) in [5.41, 5.74) is 6.02. The van der Waals surface area contributed by atoms with Crippen molar-refractivity contribution in [3.05, 3.63) is 136 Å². The predicted octanol–water partition coefficient (Wildman–Crippen LogP) is 10.5. The quantitative estimate of drug-likeness (QED) is 0.0654. The third kappa shape index (κ3) is 11.1. The van der Waals surface area contributed by atoms with Gasteiger partial charge >= 0.3 is 7.12 Å². The van der Waals surface area contributed by atoms with Crippen LogP contribution in [0.4, 0.5) is 20.2 Å². The maximum atomic E-state index is 14.8. The van der Waals surface area contributed by atoms with Crippen molar-refractivity contribution in [3.8, 4) is 45.5 Å². The molecule has 5 aliphatic rings. The van der Waals surface area contributed by atoms with Gasteiger partial charge in [0.15, 0.2) is 12.5 Å². The van der Waals surface area contributed by atoms with Gasteiger partial charge in [0.2, 0.25) is 20.0 Å². The van der Waals surface area contributed by atoms with E-state index in [2.05, 4.69) is 15.6 Å². The number of aromatic nitrogens is 4. The lowest BCUT2D eigenvalue weighted by atomic mass is 9.77. The van der Waals surface area contributed by atoms with E-state index in [-0.39, 0.29) is 42.7 Å². The van der Waals surface area contributed by atoms with Gasteiger partial charge in [-0.2, -0.15) is 0 Å². The molecule has 0 radical (unpaired) electrons. The van der Waals surface area contributed by atoms with Crippen LogP contribution >= 0.6 is 11.6 Å². The second kappa shape index (κ2) is 23.4. The van der Waals surface area contributed by atoms with E-state index in [1.165, 1.54) is 30.5 Å². The molecule has 4 aromatic carbocycles. The number of nitrogens with one attached hydrogen (secondary N) is 2. The number of hydrogen-bond donors (Lipinski definition) is 4. The number of carbonyl (C=O) groups is 2. The lowest BCUT2D eigenvalue weighted by Gasteiger charge is -2.32. The first-order valence-corrected chi connectivity index (χ1v) is 34.3. The van der Waals surface area contributed by atoms with Crippen LogP contribution in [-0.4, -0.2) is 130 Å². The van der Waals surface area contributed by atoms with E-state index >= 15 is 0 Å². The topological polar surface area (TPSA) is 272 Å². The first-order valence-electron chi connectivity index (χ1n) is 30.3. The van der Waals surface area contributed by atoms with E-state index < -0.39 is 56.6 Å². The molecule has 4 N–H and O–H groups in total. The summed E-state index contributed by atoms with van der Waals surface area (Å²) in [5.74, 6) is 1.21. The summed E-state index contributed by atoms with van der Waals surface area (Å²) in [6, 6.07) is 26.4. The Bertz CT molecular complexity index is 5010. The minimum Gasteiger partial charge on any atom is -0.465 e. The summed E-state index contributed by atoms with van der Waals surface area (Å²) in [5, 5.41) is 27.4. The van der Waals surface area contributed by atoms with Gasteiger partial charge in [-0.3, -0.25) is 18.2 Å². The summed E-state index contributed by atoms with van der Waals surface area (Å²) >= 11 is 5.94. The first kappa shape index (κ1) is 64.2. The summed E-state index contributed by atoms with van der Waals surface area (Å²) in [4.78, 5) is 34.9. The van der Waals surface area contributed by atoms with Crippen LogP contribution in [0.15, 0.2) is 106 Å². The minimum absolute atomic E-state index is 0.130. The second-order valence-electron chi connectivity index (χ2n) is 24.9. The summed E-state index contributed by atoms with van der Waals surface area (Å²) in [6.07, 6.45) is 4.57. The van der Waals surface area contributed by atoms with Gasteiger partial charge in [-0.15, -0.1) is 0 Å². The van der Waals surface area contributed by atoms with E-state index in [4.69, 9.17) is 44.2 Å². The SMILES string of the molecule is CNC(=O)c1c(C2CC2)oc2cc(N(C)S(C)(=O)=O)c(-c3ccc4c(n3)-c3cc5c(F)cccc5n3C(CO)O4)cc12.CNC(=O)c1c(C2CC2)oc2cc(N(C)S(C)(=O)=O)c(B3OC(C)(C)C(C)(C)O3)cc12.OCC1Oc2ccc(Cl)nc2-c2cc3c(F)cccc3n21. The molecule has 2 atom stereocenters. The molecular formula is C66H66BClF2N8O14S2. The number of halogens is 3. The number of rotatable bonds is 12. The van der Waals surface area contributed by atoms with Crippen molar-refractivity contribution in [1.82, 2.24) is 29.7 Å². The maximum absolute atomic E-state index is 14.8. The molecule has 1 saturated heterocycles. The standard InChI is InChI=1S/C30H27FN4O6S.C21H29BN2O6S.C15H10ClFN2O2/c1-32-30(37)27-18-11-17(22(34(2)42(3,38)39)13-25(18)41-29(27)15-7-8-15)20-9-10-24-28(33-20)23-12-16-19(31)5-4-6-21(16)35(23)26(14-36)40-24;1-20(2)21(3,4)30-22(29-20)14-10-13-16(11-15(14)24(6)31(7,26)27)28-18(12-8-9-12)17(13)19(25)23-5;16-13-5-4-12-15(18-13)11-6-8-9(17)2-1-3-10(8)19(11)14(7-20)21-12/h4-6,9-13,15,26,36H,7-8,14H2,1-3H3,(H,32,37);10-12H,8-9H2,1-7H3,(H,23,25);1-6,14,20H,7H2. The molecule has 3 fully saturated rings. The van der Waals surface area contributed by atoms with Crippen molar-refractivity contribution in [1.29, 1.82) is 0 Å². The highest BCUT2D eigenvalue weighted by molar-refractivity contribution is 7.92. The zero-order valence-electron chi connectivity index (χ0n) is 52.8. The number of pyridine rings is 2. The fraction of sp³-hybridized carbons (Fsp3) is 0.333. The van der Waals surface area contributed by atoms with Gasteiger partial charge in [0.05, 0.1) is 87.5 Å². The number of aliphatic hydroxyl groups excluding tert-OH is 2. The Labute approximate surface area is 544 Å². The summed E-state index contributed by atoms with van der Waals surface area (Å²) in [7, 11) is -2.00. The van der Waals surface area contributed by atoms with Crippen LogP contribution in [-0.2, 0) is 29.4 Å². The molecule has 94 heavy (non-hydrogen) atoms. The fourth-order valence-corrected chi connectivity index (χ4v) is 13.4. The second-order valence-corrected chi connectivity index (χ2v) is 29.3. The third-order valence-electron chi connectivity index (χ3n) is 18.2. The summed E-state index contributed by atoms with van der Waals surface area (Å²) < 4.78 is 121.